The number of morpholine rings is 1. The second kappa shape index (κ2) is 9.93. The van der Waals surface area contributed by atoms with E-state index in [1.165, 1.54) is 11.1 Å². The monoisotopic (exact) mass is 460 g/mol. The standard InChI is InChI=1S/C26H32N6O2/c1-19-15-20(2)32(29-19)18-25(33)30-9-7-21(8-10-30)23-5-3-4-6-24(23)22-16-27-26(28-17-22)31-11-13-34-14-12-31/h3-6,15-17,21H,7-14,18H2,1-2H3. The fourth-order valence-electron chi connectivity index (χ4n) is 5.01. The van der Waals surface area contributed by atoms with E-state index in [-0.39, 0.29) is 5.91 Å². The number of likely N-dealkylation sites (tertiary alicyclic amines) is 1. The Morgan fingerprint density at radius 1 is 1.03 bits per heavy atom. The summed E-state index contributed by atoms with van der Waals surface area (Å²) in [6.07, 6.45) is 5.77. The lowest BCUT2D eigenvalue weighted by Gasteiger charge is -2.33. The summed E-state index contributed by atoms with van der Waals surface area (Å²) in [6.45, 7) is 8.89. The van der Waals surface area contributed by atoms with Crippen molar-refractivity contribution in [1.82, 2.24) is 24.6 Å². The summed E-state index contributed by atoms with van der Waals surface area (Å²) in [6, 6.07) is 10.5. The molecule has 178 valence electrons. The third-order valence-corrected chi connectivity index (χ3v) is 6.88. The average Bonchev–Trinajstić information content (AvgIpc) is 3.21. The first-order chi connectivity index (χ1) is 16.6. The quantitative estimate of drug-likeness (QED) is 0.582. The van der Waals surface area contributed by atoms with Crippen LogP contribution >= 0.6 is 0 Å². The highest BCUT2D eigenvalue weighted by Gasteiger charge is 2.26. The highest BCUT2D eigenvalue weighted by atomic mass is 16.5. The van der Waals surface area contributed by atoms with Crippen LogP contribution in [-0.2, 0) is 16.1 Å². The van der Waals surface area contributed by atoms with Gasteiger partial charge in [0.05, 0.1) is 18.9 Å². The topological polar surface area (TPSA) is 76.4 Å². The van der Waals surface area contributed by atoms with Gasteiger partial charge in [-0.25, -0.2) is 9.97 Å². The van der Waals surface area contributed by atoms with Gasteiger partial charge in [-0.3, -0.25) is 9.48 Å². The molecular formula is C26H32N6O2. The normalized spacial score (nSPS) is 17.2. The molecule has 8 heteroatoms. The Balaban J connectivity index is 1.25. The zero-order valence-electron chi connectivity index (χ0n) is 20.0. The number of rotatable bonds is 5. The molecule has 0 saturated carbocycles. The molecule has 2 aromatic heterocycles. The summed E-state index contributed by atoms with van der Waals surface area (Å²) in [5.74, 6) is 1.32. The van der Waals surface area contributed by atoms with E-state index in [1.54, 1.807) is 4.68 Å². The molecule has 0 unspecified atom stereocenters. The molecule has 8 nitrogen and oxygen atoms in total. The van der Waals surface area contributed by atoms with Crippen molar-refractivity contribution in [1.29, 1.82) is 0 Å². The van der Waals surface area contributed by atoms with Crippen molar-refractivity contribution in [3.8, 4) is 11.1 Å². The molecule has 0 atom stereocenters. The summed E-state index contributed by atoms with van der Waals surface area (Å²) in [5, 5.41) is 4.44. The van der Waals surface area contributed by atoms with Crippen LogP contribution in [0.4, 0.5) is 5.95 Å². The van der Waals surface area contributed by atoms with Crippen molar-refractivity contribution in [2.75, 3.05) is 44.3 Å². The highest BCUT2D eigenvalue weighted by Crippen LogP contribution is 2.35. The van der Waals surface area contributed by atoms with Crippen LogP contribution in [0.3, 0.4) is 0 Å². The first-order valence-corrected chi connectivity index (χ1v) is 12.1. The van der Waals surface area contributed by atoms with Crippen LogP contribution in [0.2, 0.25) is 0 Å². The Bertz CT molecular complexity index is 1130. The molecule has 3 aromatic rings. The van der Waals surface area contributed by atoms with E-state index in [1.807, 2.05) is 37.2 Å². The molecule has 2 saturated heterocycles. The maximum absolute atomic E-state index is 12.9. The number of aryl methyl sites for hydroxylation is 2. The second-order valence-corrected chi connectivity index (χ2v) is 9.20. The van der Waals surface area contributed by atoms with Gasteiger partial charge in [-0.15, -0.1) is 0 Å². The zero-order chi connectivity index (χ0) is 23.5. The van der Waals surface area contributed by atoms with Gasteiger partial charge in [0.25, 0.3) is 0 Å². The summed E-state index contributed by atoms with van der Waals surface area (Å²) in [7, 11) is 0. The minimum absolute atomic E-state index is 0.144. The Kier molecular flexibility index (Phi) is 6.58. The number of hydrogen-bond acceptors (Lipinski definition) is 6. The van der Waals surface area contributed by atoms with Crippen LogP contribution in [-0.4, -0.2) is 69.9 Å². The second-order valence-electron chi connectivity index (χ2n) is 9.20. The summed E-state index contributed by atoms with van der Waals surface area (Å²) in [4.78, 5) is 26.3. The lowest BCUT2D eigenvalue weighted by atomic mass is 9.85. The predicted octanol–water partition coefficient (Wildman–Crippen LogP) is 3.20. The van der Waals surface area contributed by atoms with Crippen LogP contribution in [0.1, 0.15) is 35.7 Å². The van der Waals surface area contributed by atoms with Crippen LogP contribution in [0.25, 0.3) is 11.1 Å². The molecule has 2 fully saturated rings. The fraction of sp³-hybridized carbons (Fsp3) is 0.462. The van der Waals surface area contributed by atoms with Crippen molar-refractivity contribution in [2.45, 2.75) is 39.2 Å². The van der Waals surface area contributed by atoms with Crippen molar-refractivity contribution in [2.24, 2.45) is 0 Å². The summed E-state index contributed by atoms with van der Waals surface area (Å²) >= 11 is 0. The largest absolute Gasteiger partial charge is 0.378 e. The maximum Gasteiger partial charge on any atom is 0.244 e. The average molecular weight is 461 g/mol. The third kappa shape index (κ3) is 4.82. The van der Waals surface area contributed by atoms with Gasteiger partial charge in [0, 0.05) is 49.8 Å². The van der Waals surface area contributed by atoms with E-state index in [0.29, 0.717) is 12.5 Å². The molecule has 2 aliphatic heterocycles. The number of nitrogens with zero attached hydrogens (tertiary/aromatic N) is 6. The number of carbonyl (C=O) groups excluding carboxylic acids is 1. The van der Waals surface area contributed by atoms with Gasteiger partial charge in [0.2, 0.25) is 11.9 Å². The number of carbonyl (C=O) groups is 1. The lowest BCUT2D eigenvalue weighted by molar-refractivity contribution is -0.133. The van der Waals surface area contributed by atoms with E-state index >= 15 is 0 Å². The number of aromatic nitrogens is 4. The molecule has 1 aromatic carbocycles. The number of piperidine rings is 1. The maximum atomic E-state index is 12.9. The van der Waals surface area contributed by atoms with Gasteiger partial charge in [-0.1, -0.05) is 24.3 Å². The Morgan fingerprint density at radius 3 is 2.41 bits per heavy atom. The van der Waals surface area contributed by atoms with Crippen LogP contribution in [0.5, 0.6) is 0 Å². The molecule has 0 N–H and O–H groups in total. The minimum Gasteiger partial charge on any atom is -0.378 e. The van der Waals surface area contributed by atoms with E-state index in [4.69, 9.17) is 4.74 Å². The van der Waals surface area contributed by atoms with Crippen molar-refractivity contribution >= 4 is 11.9 Å². The molecule has 34 heavy (non-hydrogen) atoms. The SMILES string of the molecule is Cc1cc(C)n(CC(=O)N2CCC(c3ccccc3-c3cnc(N4CCOCC4)nc3)CC2)n1. The number of amides is 1. The molecule has 4 heterocycles. The number of ether oxygens (including phenoxy) is 1. The Morgan fingerprint density at radius 2 is 1.74 bits per heavy atom. The Hall–Kier alpha value is -3.26. The van der Waals surface area contributed by atoms with E-state index in [0.717, 1.165) is 75.1 Å². The first-order valence-electron chi connectivity index (χ1n) is 12.1. The van der Waals surface area contributed by atoms with Gasteiger partial charge in [0.1, 0.15) is 6.54 Å². The summed E-state index contributed by atoms with van der Waals surface area (Å²) < 4.78 is 7.23. The molecule has 2 aliphatic rings. The summed E-state index contributed by atoms with van der Waals surface area (Å²) in [5.41, 5.74) is 5.51. The van der Waals surface area contributed by atoms with E-state index < -0.39 is 0 Å². The molecule has 0 radical (unpaired) electrons. The smallest absolute Gasteiger partial charge is 0.244 e. The molecule has 0 spiro atoms. The van der Waals surface area contributed by atoms with Gasteiger partial charge in [-0.2, -0.15) is 5.10 Å². The number of anilines is 1. The number of benzene rings is 1. The zero-order valence-corrected chi connectivity index (χ0v) is 20.0. The van der Waals surface area contributed by atoms with Crippen molar-refractivity contribution in [3.05, 3.63) is 59.7 Å². The van der Waals surface area contributed by atoms with Gasteiger partial charge in [0.15, 0.2) is 0 Å². The highest BCUT2D eigenvalue weighted by molar-refractivity contribution is 5.76. The molecular weight excluding hydrogens is 428 g/mol. The molecule has 0 bridgehead atoms. The predicted molar refractivity (Wildman–Crippen MR) is 131 cm³/mol. The van der Waals surface area contributed by atoms with E-state index in [2.05, 4.69) is 44.2 Å². The van der Waals surface area contributed by atoms with E-state index in [9.17, 15) is 4.79 Å². The van der Waals surface area contributed by atoms with Gasteiger partial charge < -0.3 is 14.5 Å². The molecule has 5 rings (SSSR count). The van der Waals surface area contributed by atoms with Crippen molar-refractivity contribution in [3.63, 3.8) is 0 Å². The van der Waals surface area contributed by atoms with Crippen LogP contribution < -0.4 is 4.90 Å². The first kappa shape index (κ1) is 22.5. The third-order valence-electron chi connectivity index (χ3n) is 6.88. The van der Waals surface area contributed by atoms with Crippen LogP contribution in [0.15, 0.2) is 42.7 Å². The van der Waals surface area contributed by atoms with Gasteiger partial charge >= 0.3 is 0 Å². The minimum atomic E-state index is 0.144. The van der Waals surface area contributed by atoms with Crippen molar-refractivity contribution < 1.29 is 9.53 Å². The molecule has 1 amide bonds. The Labute approximate surface area is 200 Å². The lowest BCUT2D eigenvalue weighted by Crippen LogP contribution is -2.40. The van der Waals surface area contributed by atoms with Gasteiger partial charge in [-0.05, 0) is 49.8 Å². The molecule has 0 aliphatic carbocycles. The van der Waals surface area contributed by atoms with Crippen LogP contribution in [0, 0.1) is 13.8 Å². The number of hydrogen-bond donors (Lipinski definition) is 0. The fourth-order valence-corrected chi connectivity index (χ4v) is 5.01.